The molecule has 0 saturated heterocycles. The molecule has 1 atom stereocenters. The topological polar surface area (TPSA) is 83.6 Å². The van der Waals surface area contributed by atoms with Gasteiger partial charge in [0.25, 0.3) is 0 Å². The third-order valence-electron chi connectivity index (χ3n) is 2.36. The Labute approximate surface area is 96.6 Å². The Morgan fingerprint density at radius 3 is 2.31 bits per heavy atom. The van der Waals surface area contributed by atoms with Crippen LogP contribution >= 0.6 is 0 Å². The van der Waals surface area contributed by atoms with Crippen molar-refractivity contribution in [1.82, 2.24) is 4.90 Å². The lowest BCUT2D eigenvalue weighted by atomic mass is 10.1. The van der Waals surface area contributed by atoms with Gasteiger partial charge in [-0.15, -0.1) is 0 Å². The van der Waals surface area contributed by atoms with Gasteiger partial charge in [-0.25, -0.2) is 0 Å². The normalized spacial score (nSPS) is 12.6. The van der Waals surface area contributed by atoms with E-state index in [4.69, 9.17) is 10.8 Å². The summed E-state index contributed by atoms with van der Waals surface area (Å²) in [5.74, 6) is -1.08. The van der Waals surface area contributed by atoms with E-state index < -0.39 is 12.0 Å². The molecule has 94 valence electrons. The van der Waals surface area contributed by atoms with Crippen molar-refractivity contribution in [3.05, 3.63) is 0 Å². The van der Waals surface area contributed by atoms with Crippen LogP contribution in [0.5, 0.6) is 0 Å². The van der Waals surface area contributed by atoms with Gasteiger partial charge < -0.3 is 15.7 Å². The smallest absolute Gasteiger partial charge is 0.303 e. The van der Waals surface area contributed by atoms with Crippen molar-refractivity contribution in [2.75, 3.05) is 6.54 Å². The van der Waals surface area contributed by atoms with E-state index in [1.165, 1.54) is 0 Å². The molecular weight excluding hydrogens is 208 g/mol. The van der Waals surface area contributed by atoms with Crippen molar-refractivity contribution in [2.45, 2.75) is 52.1 Å². The Morgan fingerprint density at radius 1 is 1.38 bits per heavy atom. The summed E-state index contributed by atoms with van der Waals surface area (Å²) < 4.78 is 0. The second-order valence-corrected chi connectivity index (χ2v) is 4.16. The molecule has 0 heterocycles. The molecule has 0 fully saturated rings. The van der Waals surface area contributed by atoms with Crippen LogP contribution in [0.1, 0.15) is 40.0 Å². The molecule has 5 nitrogen and oxygen atoms in total. The van der Waals surface area contributed by atoms with Crippen LogP contribution in [0.4, 0.5) is 0 Å². The standard InChI is InChI=1S/C11H22N2O3/c1-4-7-13(8(2)3)11(16)9(12)5-6-10(14)15/h8-9H,4-7,12H2,1-3H3,(H,14,15). The lowest BCUT2D eigenvalue weighted by Gasteiger charge is -2.28. The highest BCUT2D eigenvalue weighted by Crippen LogP contribution is 2.06. The van der Waals surface area contributed by atoms with Crippen LogP contribution in [0.25, 0.3) is 0 Å². The maximum atomic E-state index is 11.9. The molecule has 0 aliphatic carbocycles. The summed E-state index contributed by atoms with van der Waals surface area (Å²) in [6.07, 6.45) is 1.00. The number of carboxylic acids is 1. The van der Waals surface area contributed by atoms with E-state index in [0.717, 1.165) is 6.42 Å². The van der Waals surface area contributed by atoms with E-state index in [2.05, 4.69) is 0 Å². The number of carboxylic acid groups (broad SMARTS) is 1. The Kier molecular flexibility index (Phi) is 6.72. The Balaban J connectivity index is 4.31. The second-order valence-electron chi connectivity index (χ2n) is 4.16. The third kappa shape index (κ3) is 5.11. The zero-order chi connectivity index (χ0) is 12.7. The monoisotopic (exact) mass is 230 g/mol. The molecule has 1 unspecified atom stereocenters. The minimum absolute atomic E-state index is 0.0645. The molecule has 0 spiro atoms. The van der Waals surface area contributed by atoms with E-state index in [0.29, 0.717) is 6.54 Å². The van der Waals surface area contributed by atoms with Crippen LogP contribution in [0.15, 0.2) is 0 Å². The minimum Gasteiger partial charge on any atom is -0.481 e. The zero-order valence-corrected chi connectivity index (χ0v) is 10.3. The summed E-state index contributed by atoms with van der Waals surface area (Å²) in [5, 5.41) is 8.51. The van der Waals surface area contributed by atoms with Gasteiger partial charge in [-0.2, -0.15) is 0 Å². The molecule has 0 aliphatic rings. The molecule has 0 rings (SSSR count). The van der Waals surface area contributed by atoms with Gasteiger partial charge in [0, 0.05) is 19.0 Å². The summed E-state index contributed by atoms with van der Waals surface area (Å²) in [6, 6.07) is -0.603. The van der Waals surface area contributed by atoms with E-state index in [1.807, 2.05) is 20.8 Å². The summed E-state index contributed by atoms with van der Waals surface area (Å²) >= 11 is 0. The second kappa shape index (κ2) is 7.22. The minimum atomic E-state index is -0.921. The van der Waals surface area contributed by atoms with Gasteiger partial charge in [0.05, 0.1) is 6.04 Å². The first-order chi connectivity index (χ1) is 7.40. The maximum Gasteiger partial charge on any atom is 0.303 e. The molecule has 16 heavy (non-hydrogen) atoms. The molecule has 0 saturated carbocycles. The predicted octanol–water partition coefficient (Wildman–Crippen LogP) is 0.826. The number of nitrogens with zero attached hydrogens (tertiary/aromatic N) is 1. The molecule has 1 amide bonds. The fraction of sp³-hybridized carbons (Fsp3) is 0.818. The van der Waals surface area contributed by atoms with Crippen molar-refractivity contribution < 1.29 is 14.7 Å². The molecule has 0 aromatic heterocycles. The predicted molar refractivity (Wildman–Crippen MR) is 62.0 cm³/mol. The average Bonchev–Trinajstić information content (AvgIpc) is 2.20. The van der Waals surface area contributed by atoms with Crippen LogP contribution in [-0.4, -0.2) is 40.5 Å². The fourth-order valence-electron chi connectivity index (χ4n) is 1.48. The van der Waals surface area contributed by atoms with E-state index >= 15 is 0 Å². The number of aliphatic carboxylic acids is 1. The number of carbonyl (C=O) groups excluding carboxylic acids is 1. The maximum absolute atomic E-state index is 11.9. The van der Waals surface area contributed by atoms with E-state index in [1.54, 1.807) is 4.90 Å². The largest absolute Gasteiger partial charge is 0.481 e. The highest BCUT2D eigenvalue weighted by atomic mass is 16.4. The SMILES string of the molecule is CCCN(C(=O)C(N)CCC(=O)O)C(C)C. The van der Waals surface area contributed by atoms with E-state index in [-0.39, 0.29) is 24.8 Å². The van der Waals surface area contributed by atoms with Gasteiger partial charge >= 0.3 is 5.97 Å². The first-order valence-corrected chi connectivity index (χ1v) is 5.68. The first-order valence-electron chi connectivity index (χ1n) is 5.68. The van der Waals surface area contributed by atoms with Crippen molar-refractivity contribution in [3.8, 4) is 0 Å². The van der Waals surface area contributed by atoms with Gasteiger partial charge in [-0.3, -0.25) is 9.59 Å². The third-order valence-corrected chi connectivity index (χ3v) is 2.36. The van der Waals surface area contributed by atoms with Gasteiger partial charge in [0.1, 0.15) is 0 Å². The molecule has 5 heteroatoms. The first kappa shape index (κ1) is 14.9. The van der Waals surface area contributed by atoms with Crippen LogP contribution in [0.2, 0.25) is 0 Å². The summed E-state index contributed by atoms with van der Waals surface area (Å²) in [7, 11) is 0. The number of nitrogens with two attached hydrogens (primary N) is 1. The molecule has 3 N–H and O–H groups in total. The highest BCUT2D eigenvalue weighted by molar-refractivity contribution is 5.82. The Morgan fingerprint density at radius 2 is 1.94 bits per heavy atom. The number of hydrogen-bond acceptors (Lipinski definition) is 3. The van der Waals surface area contributed by atoms with Crippen LogP contribution in [-0.2, 0) is 9.59 Å². The fourth-order valence-corrected chi connectivity index (χ4v) is 1.48. The van der Waals surface area contributed by atoms with Crippen molar-refractivity contribution in [1.29, 1.82) is 0 Å². The summed E-state index contributed by atoms with van der Waals surface area (Å²) in [6.45, 7) is 6.51. The van der Waals surface area contributed by atoms with Crippen LogP contribution in [0, 0.1) is 0 Å². The zero-order valence-electron chi connectivity index (χ0n) is 10.3. The van der Waals surface area contributed by atoms with Crippen LogP contribution in [0.3, 0.4) is 0 Å². The van der Waals surface area contributed by atoms with Crippen LogP contribution < -0.4 is 5.73 Å². The lowest BCUT2D eigenvalue weighted by molar-refractivity contribution is -0.138. The Hall–Kier alpha value is -1.10. The van der Waals surface area contributed by atoms with Gasteiger partial charge in [0.15, 0.2) is 0 Å². The van der Waals surface area contributed by atoms with E-state index in [9.17, 15) is 9.59 Å². The quantitative estimate of drug-likeness (QED) is 0.678. The van der Waals surface area contributed by atoms with Gasteiger partial charge in [0.2, 0.25) is 5.91 Å². The number of rotatable bonds is 7. The summed E-state index contributed by atoms with van der Waals surface area (Å²) in [5.41, 5.74) is 5.68. The number of hydrogen-bond donors (Lipinski definition) is 2. The van der Waals surface area contributed by atoms with Gasteiger partial charge in [-0.05, 0) is 26.7 Å². The molecular formula is C11H22N2O3. The number of amides is 1. The number of carbonyl (C=O) groups is 2. The van der Waals surface area contributed by atoms with Crippen molar-refractivity contribution >= 4 is 11.9 Å². The molecule has 0 aromatic carbocycles. The summed E-state index contributed by atoms with van der Waals surface area (Å²) in [4.78, 5) is 24.0. The molecule has 0 aliphatic heterocycles. The van der Waals surface area contributed by atoms with Gasteiger partial charge in [-0.1, -0.05) is 6.92 Å². The van der Waals surface area contributed by atoms with Crippen molar-refractivity contribution in [2.24, 2.45) is 5.73 Å². The van der Waals surface area contributed by atoms with Crippen molar-refractivity contribution in [3.63, 3.8) is 0 Å². The Bertz CT molecular complexity index is 241. The lowest BCUT2D eigenvalue weighted by Crippen LogP contribution is -2.47. The molecule has 0 aromatic rings. The molecule has 0 bridgehead atoms. The average molecular weight is 230 g/mol. The highest BCUT2D eigenvalue weighted by Gasteiger charge is 2.22. The molecule has 0 radical (unpaired) electrons.